The van der Waals surface area contributed by atoms with Crippen LogP contribution in [0.25, 0.3) is 0 Å². The molecule has 5 heteroatoms. The molecule has 1 saturated heterocycles. The van der Waals surface area contributed by atoms with E-state index in [1.165, 1.54) is 0 Å². The average Bonchev–Trinajstić information content (AvgIpc) is 2.31. The maximum absolute atomic E-state index is 11.4. The fourth-order valence-electron chi connectivity index (χ4n) is 1.99. The zero-order valence-corrected chi connectivity index (χ0v) is 11.2. The molecule has 1 aliphatic heterocycles. The Morgan fingerprint density at radius 2 is 2.24 bits per heavy atom. The quantitative estimate of drug-likeness (QED) is 0.733. The lowest BCUT2D eigenvalue weighted by atomic mass is 10.1. The minimum atomic E-state index is 0.149. The maximum Gasteiger partial charge on any atom is 0.222 e. The highest BCUT2D eigenvalue weighted by Gasteiger charge is 2.24. The molecule has 1 rings (SSSR count). The van der Waals surface area contributed by atoms with Crippen molar-refractivity contribution in [1.29, 1.82) is 0 Å². The van der Waals surface area contributed by atoms with Gasteiger partial charge in [-0.15, -0.1) is 0 Å². The number of hydrogen-bond acceptors (Lipinski definition) is 4. The zero-order valence-electron chi connectivity index (χ0n) is 11.2. The van der Waals surface area contributed by atoms with Gasteiger partial charge in [0, 0.05) is 39.6 Å². The minimum Gasteiger partial charge on any atom is -0.374 e. The number of carbonyl (C=O) groups is 1. The van der Waals surface area contributed by atoms with E-state index in [-0.39, 0.29) is 12.0 Å². The summed E-state index contributed by atoms with van der Waals surface area (Å²) < 4.78 is 5.59. The molecule has 1 amide bonds. The fraction of sp³-hybridized carbons (Fsp3) is 0.917. The van der Waals surface area contributed by atoms with E-state index in [9.17, 15) is 4.79 Å². The van der Waals surface area contributed by atoms with Crippen molar-refractivity contribution in [3.63, 3.8) is 0 Å². The van der Waals surface area contributed by atoms with Crippen molar-refractivity contribution in [1.82, 2.24) is 9.80 Å². The lowest BCUT2D eigenvalue weighted by molar-refractivity contribution is -0.129. The van der Waals surface area contributed by atoms with Gasteiger partial charge in [-0.3, -0.25) is 9.69 Å². The molecule has 17 heavy (non-hydrogen) atoms. The van der Waals surface area contributed by atoms with E-state index in [1.807, 2.05) is 0 Å². The van der Waals surface area contributed by atoms with Crippen molar-refractivity contribution in [2.75, 3.05) is 40.3 Å². The molecule has 0 radical (unpaired) electrons. The standard InChI is InChI=1S/C12H25N3O2/c1-10-9-17-11(7-13)8-15(10)6-4-5-12(16)14(2)3/h10-11H,4-9,13H2,1-3H3. The Balaban J connectivity index is 2.27. The van der Waals surface area contributed by atoms with E-state index in [0.29, 0.717) is 19.0 Å². The molecule has 0 aromatic heterocycles. The Morgan fingerprint density at radius 1 is 1.53 bits per heavy atom. The van der Waals surface area contributed by atoms with E-state index >= 15 is 0 Å². The van der Waals surface area contributed by atoms with Gasteiger partial charge in [0.2, 0.25) is 5.91 Å². The molecule has 2 N–H and O–H groups in total. The summed E-state index contributed by atoms with van der Waals surface area (Å²) in [5.41, 5.74) is 5.62. The molecule has 2 unspecified atom stereocenters. The third-order valence-corrected chi connectivity index (χ3v) is 3.23. The summed E-state index contributed by atoms with van der Waals surface area (Å²) in [6.07, 6.45) is 1.67. The van der Waals surface area contributed by atoms with Crippen LogP contribution in [0.1, 0.15) is 19.8 Å². The Hall–Kier alpha value is -0.650. The van der Waals surface area contributed by atoms with Gasteiger partial charge in [-0.25, -0.2) is 0 Å². The summed E-state index contributed by atoms with van der Waals surface area (Å²) in [4.78, 5) is 15.5. The van der Waals surface area contributed by atoms with Crippen LogP contribution in [0.3, 0.4) is 0 Å². The van der Waals surface area contributed by atoms with E-state index in [0.717, 1.165) is 26.1 Å². The summed E-state index contributed by atoms with van der Waals surface area (Å²) in [7, 11) is 3.59. The van der Waals surface area contributed by atoms with Gasteiger partial charge in [0.25, 0.3) is 0 Å². The highest BCUT2D eigenvalue weighted by Crippen LogP contribution is 2.12. The third kappa shape index (κ3) is 4.61. The molecule has 0 aromatic carbocycles. The van der Waals surface area contributed by atoms with Crippen molar-refractivity contribution in [3.05, 3.63) is 0 Å². The predicted molar refractivity (Wildman–Crippen MR) is 67.8 cm³/mol. The molecular formula is C12H25N3O2. The normalized spacial score (nSPS) is 25.9. The van der Waals surface area contributed by atoms with Crippen molar-refractivity contribution in [2.45, 2.75) is 31.9 Å². The largest absolute Gasteiger partial charge is 0.374 e. The fourth-order valence-corrected chi connectivity index (χ4v) is 1.99. The highest BCUT2D eigenvalue weighted by atomic mass is 16.5. The molecule has 1 aliphatic rings. The van der Waals surface area contributed by atoms with E-state index < -0.39 is 0 Å². The first-order chi connectivity index (χ1) is 8.04. The Kier molecular flexibility index (Phi) is 5.88. The molecule has 1 fully saturated rings. The topological polar surface area (TPSA) is 58.8 Å². The smallest absolute Gasteiger partial charge is 0.222 e. The molecule has 0 bridgehead atoms. The monoisotopic (exact) mass is 243 g/mol. The summed E-state index contributed by atoms with van der Waals surface area (Å²) in [6, 6.07) is 0.423. The van der Waals surface area contributed by atoms with E-state index in [1.54, 1.807) is 19.0 Å². The first-order valence-electron chi connectivity index (χ1n) is 6.30. The number of amides is 1. The Bertz CT molecular complexity index is 246. The van der Waals surface area contributed by atoms with Crippen LogP contribution in [-0.4, -0.2) is 68.2 Å². The number of nitrogens with zero attached hydrogens (tertiary/aromatic N) is 2. The first-order valence-corrected chi connectivity index (χ1v) is 6.30. The van der Waals surface area contributed by atoms with Crippen LogP contribution >= 0.6 is 0 Å². The molecule has 0 saturated carbocycles. The Labute approximate surface area is 104 Å². The second kappa shape index (κ2) is 6.93. The zero-order chi connectivity index (χ0) is 12.8. The van der Waals surface area contributed by atoms with Gasteiger partial charge in [-0.1, -0.05) is 0 Å². The molecule has 100 valence electrons. The number of carbonyl (C=O) groups excluding carboxylic acids is 1. The van der Waals surface area contributed by atoms with Gasteiger partial charge in [0.15, 0.2) is 0 Å². The average molecular weight is 243 g/mol. The lowest BCUT2D eigenvalue weighted by Gasteiger charge is -2.37. The van der Waals surface area contributed by atoms with Crippen molar-refractivity contribution >= 4 is 5.91 Å². The second-order valence-corrected chi connectivity index (χ2v) is 4.93. The summed E-state index contributed by atoms with van der Waals surface area (Å²) in [5.74, 6) is 0.196. The van der Waals surface area contributed by atoms with Gasteiger partial charge in [0.1, 0.15) is 0 Å². The molecule has 5 nitrogen and oxygen atoms in total. The van der Waals surface area contributed by atoms with Crippen LogP contribution in [0.2, 0.25) is 0 Å². The molecule has 0 aliphatic carbocycles. The third-order valence-electron chi connectivity index (χ3n) is 3.23. The lowest BCUT2D eigenvalue weighted by Crippen LogP contribution is -2.50. The van der Waals surface area contributed by atoms with E-state index in [2.05, 4.69) is 11.8 Å². The summed E-state index contributed by atoms with van der Waals surface area (Å²) >= 11 is 0. The SMILES string of the molecule is CC1COC(CN)CN1CCCC(=O)N(C)C. The van der Waals surface area contributed by atoms with Crippen LogP contribution < -0.4 is 5.73 Å². The molecule has 0 spiro atoms. The molecular weight excluding hydrogens is 218 g/mol. The number of rotatable bonds is 5. The first kappa shape index (κ1) is 14.4. The second-order valence-electron chi connectivity index (χ2n) is 4.93. The number of nitrogens with two attached hydrogens (primary N) is 1. The van der Waals surface area contributed by atoms with E-state index in [4.69, 9.17) is 10.5 Å². The number of hydrogen-bond donors (Lipinski definition) is 1. The summed E-state index contributed by atoms with van der Waals surface area (Å²) in [6.45, 7) is 5.29. The van der Waals surface area contributed by atoms with Gasteiger partial charge in [-0.05, 0) is 19.9 Å². The Morgan fingerprint density at radius 3 is 2.82 bits per heavy atom. The number of ether oxygens (including phenoxy) is 1. The minimum absolute atomic E-state index is 0.149. The predicted octanol–water partition coefficient (Wildman–Crippen LogP) is -0.0972. The van der Waals surface area contributed by atoms with Crippen LogP contribution in [0.5, 0.6) is 0 Å². The van der Waals surface area contributed by atoms with Crippen molar-refractivity contribution < 1.29 is 9.53 Å². The summed E-state index contributed by atoms with van der Waals surface area (Å²) in [5, 5.41) is 0. The highest BCUT2D eigenvalue weighted by molar-refractivity contribution is 5.75. The molecule has 0 aromatic rings. The van der Waals surface area contributed by atoms with Gasteiger partial charge >= 0.3 is 0 Å². The van der Waals surface area contributed by atoms with Gasteiger partial charge < -0.3 is 15.4 Å². The van der Waals surface area contributed by atoms with Gasteiger partial charge in [0.05, 0.1) is 12.7 Å². The number of morpholine rings is 1. The van der Waals surface area contributed by atoms with Crippen LogP contribution in [0, 0.1) is 0 Å². The van der Waals surface area contributed by atoms with Crippen molar-refractivity contribution in [2.24, 2.45) is 5.73 Å². The van der Waals surface area contributed by atoms with Gasteiger partial charge in [-0.2, -0.15) is 0 Å². The van der Waals surface area contributed by atoms with Crippen LogP contribution in [0.15, 0.2) is 0 Å². The maximum atomic E-state index is 11.4. The van der Waals surface area contributed by atoms with Crippen LogP contribution in [0.4, 0.5) is 0 Å². The van der Waals surface area contributed by atoms with Crippen LogP contribution in [-0.2, 0) is 9.53 Å². The molecule has 2 atom stereocenters. The van der Waals surface area contributed by atoms with Crippen molar-refractivity contribution in [3.8, 4) is 0 Å². The molecule has 1 heterocycles.